The van der Waals surface area contributed by atoms with Gasteiger partial charge in [-0.1, -0.05) is 11.6 Å². The van der Waals surface area contributed by atoms with E-state index in [1.165, 1.54) is 0 Å². The molecule has 1 fully saturated rings. The van der Waals surface area contributed by atoms with E-state index in [2.05, 4.69) is 5.32 Å². The number of esters is 1. The van der Waals surface area contributed by atoms with Crippen LogP contribution in [0.5, 0.6) is 5.75 Å². The number of likely N-dealkylation sites (tertiary alicyclic amines) is 1. The number of ether oxygens (including phenoxy) is 2. The molecule has 1 heterocycles. The molecule has 1 aliphatic heterocycles. The summed E-state index contributed by atoms with van der Waals surface area (Å²) in [5, 5.41) is 3.53. The van der Waals surface area contributed by atoms with Gasteiger partial charge in [-0.15, -0.1) is 0 Å². The summed E-state index contributed by atoms with van der Waals surface area (Å²) in [6.45, 7) is 7.43. The molecule has 1 saturated heterocycles. The van der Waals surface area contributed by atoms with E-state index in [0.717, 1.165) is 29.8 Å². The number of quaternary nitrogens is 1. The summed E-state index contributed by atoms with van der Waals surface area (Å²) >= 11 is 6.12. The lowest BCUT2D eigenvalue weighted by molar-refractivity contribution is -0.921. The van der Waals surface area contributed by atoms with Gasteiger partial charge in [0.15, 0.2) is 6.04 Å². The van der Waals surface area contributed by atoms with E-state index in [1.54, 1.807) is 19.2 Å². The Bertz CT molecular complexity index is 665. The molecule has 144 valence electrons. The molecule has 7 heteroatoms. The number of carbonyl (C=O) groups is 2. The van der Waals surface area contributed by atoms with Crippen LogP contribution in [0.25, 0.3) is 0 Å². The lowest BCUT2D eigenvalue weighted by atomic mass is 9.97. The van der Waals surface area contributed by atoms with Crippen LogP contribution < -0.4 is 15.0 Å². The molecule has 3 atom stereocenters. The topological polar surface area (TPSA) is 69.1 Å². The van der Waals surface area contributed by atoms with Crippen molar-refractivity contribution < 1.29 is 24.0 Å². The van der Waals surface area contributed by atoms with Crippen molar-refractivity contribution in [1.82, 2.24) is 0 Å². The molecule has 0 aromatic heterocycles. The minimum Gasteiger partial charge on any atom is -0.495 e. The lowest BCUT2D eigenvalue weighted by Gasteiger charge is -2.32. The van der Waals surface area contributed by atoms with Crippen molar-refractivity contribution in [3.05, 3.63) is 22.7 Å². The Hall–Kier alpha value is -1.79. The average molecular weight is 384 g/mol. The van der Waals surface area contributed by atoms with E-state index in [0.29, 0.717) is 29.6 Å². The first-order chi connectivity index (χ1) is 12.4. The number of carbonyl (C=O) groups excluding carboxylic acids is 2. The third-order valence-corrected chi connectivity index (χ3v) is 5.33. The van der Waals surface area contributed by atoms with Crippen LogP contribution in [0, 0.1) is 12.8 Å². The van der Waals surface area contributed by atoms with Gasteiger partial charge in [-0.2, -0.15) is 0 Å². The summed E-state index contributed by atoms with van der Waals surface area (Å²) in [5.74, 6) is 0.122. The van der Waals surface area contributed by atoms with Gasteiger partial charge in [-0.25, -0.2) is 0 Å². The van der Waals surface area contributed by atoms with Crippen LogP contribution in [0.15, 0.2) is 12.1 Å². The second-order valence-corrected chi connectivity index (χ2v) is 7.12. The summed E-state index contributed by atoms with van der Waals surface area (Å²) in [6, 6.07) is 3.22. The summed E-state index contributed by atoms with van der Waals surface area (Å²) in [7, 11) is 1.54. The fraction of sp³-hybridized carbons (Fsp3) is 0.579. The Morgan fingerprint density at radius 1 is 1.42 bits per heavy atom. The van der Waals surface area contributed by atoms with E-state index in [4.69, 9.17) is 21.1 Å². The Balaban J connectivity index is 2.05. The Labute approximate surface area is 159 Å². The number of hydrogen-bond acceptors (Lipinski definition) is 4. The van der Waals surface area contributed by atoms with Crippen molar-refractivity contribution in [2.75, 3.05) is 32.1 Å². The fourth-order valence-corrected chi connectivity index (χ4v) is 3.46. The largest absolute Gasteiger partial charge is 0.495 e. The number of benzene rings is 1. The number of halogens is 1. The third kappa shape index (κ3) is 4.89. The lowest BCUT2D eigenvalue weighted by Crippen LogP contribution is -3.18. The first-order valence-electron chi connectivity index (χ1n) is 9.03. The van der Waals surface area contributed by atoms with E-state index in [-0.39, 0.29) is 23.8 Å². The smallest absolute Gasteiger partial charge is 0.314 e. The monoisotopic (exact) mass is 383 g/mol. The zero-order valence-corrected chi connectivity index (χ0v) is 16.6. The first kappa shape index (κ1) is 20.5. The van der Waals surface area contributed by atoms with Crippen molar-refractivity contribution >= 4 is 29.2 Å². The quantitative estimate of drug-likeness (QED) is 0.735. The standard InChI is InChI=1S/C19H27ClN2O4/c1-5-26-19(24)14-7-6-8-22(11-14)13(3)18(23)21-16-9-12(2)15(20)10-17(16)25-4/h9-10,13-14H,5-8,11H2,1-4H3,(H,21,23)/p+1/t13-,14+/m0/s1. The van der Waals surface area contributed by atoms with Gasteiger partial charge in [0.1, 0.15) is 11.7 Å². The van der Waals surface area contributed by atoms with Crippen molar-refractivity contribution in [3.63, 3.8) is 0 Å². The Morgan fingerprint density at radius 2 is 2.15 bits per heavy atom. The predicted octanol–water partition coefficient (Wildman–Crippen LogP) is 1.84. The van der Waals surface area contributed by atoms with Crippen LogP contribution >= 0.6 is 11.6 Å². The number of aryl methyl sites for hydroxylation is 1. The molecular formula is C19H28ClN2O4+. The highest BCUT2D eigenvalue weighted by atomic mass is 35.5. The number of hydrogen-bond donors (Lipinski definition) is 2. The zero-order chi connectivity index (χ0) is 19.3. The van der Waals surface area contributed by atoms with Gasteiger partial charge in [-0.3, -0.25) is 9.59 Å². The molecule has 0 spiro atoms. The maximum absolute atomic E-state index is 12.7. The molecule has 6 nitrogen and oxygen atoms in total. The molecule has 0 aliphatic carbocycles. The van der Waals surface area contributed by atoms with Gasteiger partial charge >= 0.3 is 5.97 Å². The number of methoxy groups -OCH3 is 1. The predicted molar refractivity (Wildman–Crippen MR) is 101 cm³/mol. The maximum atomic E-state index is 12.7. The second-order valence-electron chi connectivity index (χ2n) is 6.72. The summed E-state index contributed by atoms with van der Waals surface area (Å²) in [6.07, 6.45) is 1.72. The van der Waals surface area contributed by atoms with Crippen molar-refractivity contribution in [1.29, 1.82) is 0 Å². The van der Waals surface area contributed by atoms with Crippen LogP contribution in [0.4, 0.5) is 5.69 Å². The Morgan fingerprint density at radius 3 is 2.81 bits per heavy atom. The van der Waals surface area contributed by atoms with Gasteiger partial charge in [0, 0.05) is 11.1 Å². The van der Waals surface area contributed by atoms with Gasteiger partial charge in [-0.05, 0) is 45.2 Å². The number of amides is 1. The minimum absolute atomic E-state index is 0.107. The average Bonchev–Trinajstić information content (AvgIpc) is 2.64. The Kier molecular flexibility index (Phi) is 7.29. The van der Waals surface area contributed by atoms with Gasteiger partial charge < -0.3 is 19.7 Å². The molecule has 2 rings (SSSR count). The van der Waals surface area contributed by atoms with Crippen molar-refractivity contribution in [2.45, 2.75) is 39.7 Å². The molecule has 26 heavy (non-hydrogen) atoms. The molecule has 1 amide bonds. The second kappa shape index (κ2) is 9.24. The van der Waals surface area contributed by atoms with Crippen molar-refractivity contribution in [3.8, 4) is 5.75 Å². The number of rotatable bonds is 6. The SMILES string of the molecule is CCOC(=O)[C@@H]1CCC[NH+]([C@@H](C)C(=O)Nc2cc(C)c(Cl)cc2OC)C1. The normalized spacial score (nSPS) is 21.0. The number of piperidine rings is 1. The van der Waals surface area contributed by atoms with Crippen LogP contribution in [-0.4, -0.2) is 44.7 Å². The number of anilines is 1. The molecule has 1 aromatic rings. The summed E-state index contributed by atoms with van der Waals surface area (Å²) < 4.78 is 10.5. The van der Waals surface area contributed by atoms with Gasteiger partial charge in [0.05, 0.1) is 32.5 Å². The number of nitrogens with one attached hydrogen (secondary N) is 2. The fourth-order valence-electron chi connectivity index (χ4n) is 3.31. The van der Waals surface area contributed by atoms with Gasteiger partial charge in [0.25, 0.3) is 5.91 Å². The first-order valence-corrected chi connectivity index (χ1v) is 9.41. The highest BCUT2D eigenvalue weighted by molar-refractivity contribution is 6.31. The highest BCUT2D eigenvalue weighted by Crippen LogP contribution is 2.30. The molecule has 0 bridgehead atoms. The zero-order valence-electron chi connectivity index (χ0n) is 15.9. The molecular weight excluding hydrogens is 356 g/mol. The molecule has 1 unspecified atom stereocenters. The van der Waals surface area contributed by atoms with E-state index in [1.807, 2.05) is 20.8 Å². The maximum Gasteiger partial charge on any atom is 0.314 e. The summed E-state index contributed by atoms with van der Waals surface area (Å²) in [5.41, 5.74) is 1.47. The highest BCUT2D eigenvalue weighted by Gasteiger charge is 2.35. The molecule has 0 saturated carbocycles. The van der Waals surface area contributed by atoms with Crippen LogP contribution in [0.1, 0.15) is 32.3 Å². The van der Waals surface area contributed by atoms with Gasteiger partial charge in [0.2, 0.25) is 0 Å². The van der Waals surface area contributed by atoms with E-state index in [9.17, 15) is 9.59 Å². The van der Waals surface area contributed by atoms with Crippen molar-refractivity contribution in [2.24, 2.45) is 5.92 Å². The van der Waals surface area contributed by atoms with Crippen LogP contribution in [0.2, 0.25) is 5.02 Å². The van der Waals surface area contributed by atoms with E-state index < -0.39 is 0 Å². The molecule has 2 N–H and O–H groups in total. The molecule has 1 aliphatic rings. The molecule has 0 radical (unpaired) electrons. The van der Waals surface area contributed by atoms with Crippen LogP contribution in [-0.2, 0) is 14.3 Å². The third-order valence-electron chi connectivity index (χ3n) is 4.92. The van der Waals surface area contributed by atoms with E-state index >= 15 is 0 Å². The van der Waals surface area contributed by atoms with Crippen LogP contribution in [0.3, 0.4) is 0 Å². The summed E-state index contributed by atoms with van der Waals surface area (Å²) in [4.78, 5) is 25.9. The minimum atomic E-state index is -0.284. The molecule has 1 aromatic carbocycles.